The van der Waals surface area contributed by atoms with Crippen molar-refractivity contribution in [3.05, 3.63) is 0 Å². The van der Waals surface area contributed by atoms with E-state index in [1.165, 1.54) is 25.7 Å². The van der Waals surface area contributed by atoms with E-state index in [0.29, 0.717) is 12.1 Å². The maximum Gasteiger partial charge on any atom is 0.191 e. The van der Waals surface area contributed by atoms with Gasteiger partial charge in [0.2, 0.25) is 0 Å². The van der Waals surface area contributed by atoms with Crippen molar-refractivity contribution in [3.63, 3.8) is 0 Å². The van der Waals surface area contributed by atoms with Gasteiger partial charge in [-0.2, -0.15) is 11.8 Å². The number of guanidine groups is 1. The molecule has 0 aromatic carbocycles. The number of aliphatic imine (C=N–C) groups is 1. The normalized spacial score (nSPS) is 27.0. The molecule has 23 heavy (non-hydrogen) atoms. The van der Waals surface area contributed by atoms with E-state index in [1.807, 2.05) is 18.8 Å². The monoisotopic (exact) mass is 343 g/mol. The number of nitrogens with zero attached hydrogens (tertiary/aromatic N) is 1. The van der Waals surface area contributed by atoms with E-state index in [1.54, 1.807) is 0 Å². The molecule has 0 amide bonds. The zero-order chi connectivity index (χ0) is 16.3. The van der Waals surface area contributed by atoms with Crippen molar-refractivity contribution in [3.8, 4) is 0 Å². The van der Waals surface area contributed by atoms with Crippen LogP contribution in [0.4, 0.5) is 0 Å². The Morgan fingerprint density at radius 2 is 2.09 bits per heavy atom. The lowest BCUT2D eigenvalue weighted by atomic mass is 9.95. The molecule has 1 aliphatic heterocycles. The van der Waals surface area contributed by atoms with Crippen LogP contribution < -0.4 is 10.6 Å². The second-order valence-corrected chi connectivity index (χ2v) is 7.54. The highest BCUT2D eigenvalue weighted by atomic mass is 32.2. The van der Waals surface area contributed by atoms with Crippen LogP contribution in [0.1, 0.15) is 44.9 Å². The van der Waals surface area contributed by atoms with E-state index in [9.17, 15) is 0 Å². The second kappa shape index (κ2) is 11.2. The van der Waals surface area contributed by atoms with Gasteiger partial charge in [-0.1, -0.05) is 6.42 Å². The van der Waals surface area contributed by atoms with Gasteiger partial charge in [0.25, 0.3) is 0 Å². The number of hydrogen-bond donors (Lipinski definition) is 2. The highest BCUT2D eigenvalue weighted by molar-refractivity contribution is 7.99. The van der Waals surface area contributed by atoms with E-state index in [2.05, 4.69) is 21.9 Å². The lowest BCUT2D eigenvalue weighted by molar-refractivity contribution is -0.0320. The summed E-state index contributed by atoms with van der Waals surface area (Å²) in [5.41, 5.74) is 0. The van der Waals surface area contributed by atoms with Crippen LogP contribution in [0.3, 0.4) is 0 Å². The minimum Gasteiger partial charge on any atom is -0.381 e. The van der Waals surface area contributed by atoms with Gasteiger partial charge < -0.3 is 20.1 Å². The Morgan fingerprint density at radius 3 is 2.83 bits per heavy atom. The summed E-state index contributed by atoms with van der Waals surface area (Å²) >= 11 is 2.00. The molecule has 6 heteroatoms. The average Bonchev–Trinajstić information content (AvgIpc) is 2.61. The van der Waals surface area contributed by atoms with E-state index < -0.39 is 0 Å². The first-order valence-corrected chi connectivity index (χ1v) is 10.3. The van der Waals surface area contributed by atoms with E-state index in [-0.39, 0.29) is 0 Å². The molecule has 1 saturated heterocycles. The van der Waals surface area contributed by atoms with Gasteiger partial charge in [-0.3, -0.25) is 4.99 Å². The van der Waals surface area contributed by atoms with Crippen molar-refractivity contribution >= 4 is 17.7 Å². The fraction of sp³-hybridized carbons (Fsp3) is 0.941. The summed E-state index contributed by atoms with van der Waals surface area (Å²) in [6, 6.07) is 0.561. The van der Waals surface area contributed by atoms with Crippen molar-refractivity contribution in [2.45, 2.75) is 62.3 Å². The van der Waals surface area contributed by atoms with Crippen molar-refractivity contribution in [1.29, 1.82) is 0 Å². The Bertz CT molecular complexity index is 349. The minimum atomic E-state index is 0.395. The predicted octanol–water partition coefficient (Wildman–Crippen LogP) is 2.41. The lowest BCUT2D eigenvalue weighted by Gasteiger charge is -2.29. The Kier molecular flexibility index (Phi) is 9.15. The molecule has 2 rings (SSSR count). The molecule has 1 saturated carbocycles. The SMILES string of the molecule is CN=C(NCCCOC1CCOCC1)NC1CCCC(SC)C1. The Balaban J connectivity index is 1.55. The van der Waals surface area contributed by atoms with Crippen molar-refractivity contribution in [2.24, 2.45) is 4.99 Å². The lowest BCUT2D eigenvalue weighted by Crippen LogP contribution is -2.46. The molecule has 0 spiro atoms. The van der Waals surface area contributed by atoms with Gasteiger partial charge in [-0.05, 0) is 44.8 Å². The third-order valence-corrected chi connectivity index (χ3v) is 5.75. The van der Waals surface area contributed by atoms with Crippen LogP contribution in [-0.4, -0.2) is 63.0 Å². The molecule has 2 N–H and O–H groups in total. The summed E-state index contributed by atoms with van der Waals surface area (Å²) < 4.78 is 11.2. The summed E-state index contributed by atoms with van der Waals surface area (Å²) in [7, 11) is 1.85. The topological polar surface area (TPSA) is 54.9 Å². The van der Waals surface area contributed by atoms with Gasteiger partial charge in [0.15, 0.2) is 5.96 Å². The Morgan fingerprint density at radius 1 is 1.26 bits per heavy atom. The molecular weight excluding hydrogens is 310 g/mol. The van der Waals surface area contributed by atoms with E-state index in [4.69, 9.17) is 9.47 Å². The number of thioether (sulfide) groups is 1. The third kappa shape index (κ3) is 7.31. The predicted molar refractivity (Wildman–Crippen MR) is 98.5 cm³/mol. The van der Waals surface area contributed by atoms with Crippen molar-refractivity contribution in [1.82, 2.24) is 10.6 Å². The fourth-order valence-electron chi connectivity index (χ4n) is 3.25. The molecule has 2 atom stereocenters. The van der Waals surface area contributed by atoms with Gasteiger partial charge in [0, 0.05) is 44.7 Å². The maximum atomic E-state index is 5.89. The first-order valence-electron chi connectivity index (χ1n) is 9.01. The van der Waals surface area contributed by atoms with Gasteiger partial charge >= 0.3 is 0 Å². The van der Waals surface area contributed by atoms with Crippen LogP contribution in [0.15, 0.2) is 4.99 Å². The molecule has 1 heterocycles. The van der Waals surface area contributed by atoms with Crippen LogP contribution in [-0.2, 0) is 9.47 Å². The number of hydrogen-bond acceptors (Lipinski definition) is 4. The van der Waals surface area contributed by atoms with Crippen LogP contribution in [0, 0.1) is 0 Å². The van der Waals surface area contributed by atoms with Gasteiger partial charge in [-0.25, -0.2) is 0 Å². The average molecular weight is 344 g/mol. The summed E-state index contributed by atoms with van der Waals surface area (Å²) in [4.78, 5) is 4.35. The molecule has 0 aromatic rings. The summed E-state index contributed by atoms with van der Waals surface area (Å²) in [6.45, 7) is 3.41. The molecule has 134 valence electrons. The Hall–Kier alpha value is -0.460. The first-order chi connectivity index (χ1) is 11.3. The first kappa shape index (κ1) is 18.9. The molecule has 1 aliphatic carbocycles. The summed E-state index contributed by atoms with van der Waals surface area (Å²) in [5.74, 6) is 0.933. The summed E-state index contributed by atoms with van der Waals surface area (Å²) in [6.07, 6.45) is 10.9. The smallest absolute Gasteiger partial charge is 0.191 e. The van der Waals surface area contributed by atoms with Crippen LogP contribution in [0.25, 0.3) is 0 Å². The highest BCUT2D eigenvalue weighted by Gasteiger charge is 2.21. The van der Waals surface area contributed by atoms with Gasteiger partial charge in [0.05, 0.1) is 6.10 Å². The van der Waals surface area contributed by atoms with Gasteiger partial charge in [0.1, 0.15) is 0 Å². The minimum absolute atomic E-state index is 0.395. The highest BCUT2D eigenvalue weighted by Crippen LogP contribution is 2.26. The number of rotatable bonds is 7. The van der Waals surface area contributed by atoms with Crippen LogP contribution >= 0.6 is 11.8 Å². The quantitative estimate of drug-likeness (QED) is 0.422. The zero-order valence-corrected chi connectivity index (χ0v) is 15.5. The molecule has 0 radical (unpaired) electrons. The maximum absolute atomic E-state index is 5.89. The van der Waals surface area contributed by atoms with Crippen LogP contribution in [0.5, 0.6) is 0 Å². The number of ether oxygens (including phenoxy) is 2. The second-order valence-electron chi connectivity index (χ2n) is 6.40. The van der Waals surface area contributed by atoms with E-state index >= 15 is 0 Å². The Labute approximate surface area is 145 Å². The van der Waals surface area contributed by atoms with Crippen molar-refractivity contribution in [2.75, 3.05) is 39.7 Å². The fourth-order valence-corrected chi connectivity index (χ4v) is 4.08. The molecule has 2 fully saturated rings. The standard InChI is InChI=1S/C17H33N3O2S/c1-18-17(20-14-5-3-6-16(13-14)23-2)19-9-4-10-22-15-7-11-21-12-8-15/h14-16H,3-13H2,1-2H3,(H2,18,19,20). The molecule has 0 aromatic heterocycles. The third-order valence-electron chi connectivity index (χ3n) is 4.66. The molecule has 2 unspecified atom stereocenters. The molecular formula is C17H33N3O2S. The van der Waals surface area contributed by atoms with Crippen molar-refractivity contribution < 1.29 is 9.47 Å². The van der Waals surface area contributed by atoms with Gasteiger partial charge in [-0.15, -0.1) is 0 Å². The zero-order valence-electron chi connectivity index (χ0n) is 14.7. The molecule has 0 bridgehead atoms. The largest absolute Gasteiger partial charge is 0.381 e. The summed E-state index contributed by atoms with van der Waals surface area (Å²) in [5, 5.41) is 7.79. The molecule has 2 aliphatic rings. The molecule has 5 nitrogen and oxygen atoms in total. The number of nitrogens with one attached hydrogen (secondary N) is 2. The van der Waals surface area contributed by atoms with E-state index in [0.717, 1.165) is 56.8 Å². The van der Waals surface area contributed by atoms with Crippen LogP contribution in [0.2, 0.25) is 0 Å².